The topological polar surface area (TPSA) is 113 Å². The smallest absolute Gasteiger partial charge is 0.410 e. The van der Waals surface area contributed by atoms with Gasteiger partial charge in [0, 0.05) is 19.6 Å². The summed E-state index contributed by atoms with van der Waals surface area (Å²) in [7, 11) is -3.69. The maximum absolute atomic E-state index is 12.0. The van der Waals surface area contributed by atoms with Crippen LogP contribution in [0, 0.1) is 0 Å². The van der Waals surface area contributed by atoms with Crippen molar-refractivity contribution in [2.45, 2.75) is 32.4 Å². The molecule has 0 radical (unpaired) electrons. The van der Waals surface area contributed by atoms with Crippen LogP contribution in [0.25, 0.3) is 0 Å². The molecule has 1 aliphatic rings. The monoisotopic (exact) mass is 338 g/mol. The van der Waals surface area contributed by atoms with Crippen LogP contribution >= 0.6 is 0 Å². The molecule has 9 nitrogen and oxygen atoms in total. The summed E-state index contributed by atoms with van der Waals surface area (Å²) in [6, 6.07) is -0.770. The van der Waals surface area contributed by atoms with Gasteiger partial charge < -0.3 is 14.7 Å². The minimum Gasteiger partial charge on any atom is -0.465 e. The zero-order valence-corrected chi connectivity index (χ0v) is 13.9. The molecule has 0 spiro atoms. The van der Waals surface area contributed by atoms with Gasteiger partial charge in [0.1, 0.15) is 5.60 Å². The lowest BCUT2D eigenvalue weighted by Gasteiger charge is -2.39. The Hall–Kier alpha value is -1.55. The summed E-state index contributed by atoms with van der Waals surface area (Å²) in [5, 5.41) is 9.14. The molecule has 0 aromatic rings. The van der Waals surface area contributed by atoms with E-state index >= 15 is 0 Å². The van der Waals surface area contributed by atoms with E-state index in [-0.39, 0.29) is 26.2 Å². The van der Waals surface area contributed by atoms with Gasteiger partial charge in [0.05, 0.1) is 18.9 Å². The average Bonchev–Trinajstić information content (AvgIpc) is 2.32. The third-order valence-corrected chi connectivity index (χ3v) is 3.42. The normalized spacial score (nSPS) is 19.9. The summed E-state index contributed by atoms with van der Waals surface area (Å²) in [4.78, 5) is 25.6. The van der Waals surface area contributed by atoms with E-state index in [0.717, 1.165) is 11.2 Å². The molecule has 1 N–H and O–H groups in total. The van der Waals surface area contributed by atoms with Gasteiger partial charge in [-0.1, -0.05) is 0 Å². The standard InChI is InChI=1S/C12H22N2O7S/c1-12(2,3)21-11(17)13-5-6-14(10(15)16)9(7-13)8-20-22(4,18)19/h9H,5-8H2,1-4H3,(H,15,16). The highest BCUT2D eigenvalue weighted by Crippen LogP contribution is 2.16. The molecule has 1 aliphatic heterocycles. The molecule has 1 rings (SSSR count). The van der Waals surface area contributed by atoms with Crippen molar-refractivity contribution < 1.29 is 32.0 Å². The Balaban J connectivity index is 2.76. The number of hydrogen-bond donors (Lipinski definition) is 1. The van der Waals surface area contributed by atoms with Crippen molar-refractivity contribution in [3.8, 4) is 0 Å². The Morgan fingerprint density at radius 2 is 1.86 bits per heavy atom. The third kappa shape index (κ3) is 6.06. The molecule has 1 saturated heterocycles. The number of carboxylic acid groups (broad SMARTS) is 1. The van der Waals surface area contributed by atoms with Crippen LogP contribution in [-0.2, 0) is 19.0 Å². The second-order valence-corrected chi connectivity index (χ2v) is 7.69. The van der Waals surface area contributed by atoms with Crippen molar-refractivity contribution in [2.24, 2.45) is 0 Å². The van der Waals surface area contributed by atoms with Crippen LogP contribution in [0.5, 0.6) is 0 Å². The van der Waals surface area contributed by atoms with Crippen molar-refractivity contribution in [3.05, 3.63) is 0 Å². The zero-order valence-electron chi connectivity index (χ0n) is 13.1. The highest BCUT2D eigenvalue weighted by atomic mass is 32.2. The SMILES string of the molecule is CC(C)(C)OC(=O)N1CCN(C(=O)O)C(COS(C)(=O)=O)C1. The van der Waals surface area contributed by atoms with Crippen LogP contribution in [0.3, 0.4) is 0 Å². The summed E-state index contributed by atoms with van der Waals surface area (Å²) in [5.41, 5.74) is -0.667. The largest absolute Gasteiger partial charge is 0.465 e. The minimum atomic E-state index is -3.69. The Kier molecular flexibility index (Phi) is 5.63. The lowest BCUT2D eigenvalue weighted by Crippen LogP contribution is -2.58. The molecule has 0 saturated carbocycles. The maximum Gasteiger partial charge on any atom is 0.410 e. The second-order valence-electron chi connectivity index (χ2n) is 6.04. The molecule has 1 heterocycles. The summed E-state index contributed by atoms with van der Waals surface area (Å²) < 4.78 is 32.0. The van der Waals surface area contributed by atoms with Crippen LogP contribution in [0.1, 0.15) is 20.8 Å². The summed E-state index contributed by atoms with van der Waals surface area (Å²) >= 11 is 0. The number of hydrogen-bond acceptors (Lipinski definition) is 6. The number of rotatable bonds is 3. The zero-order chi connectivity index (χ0) is 17.1. The molecular formula is C12H22N2O7S. The van der Waals surface area contributed by atoms with Gasteiger partial charge >= 0.3 is 12.2 Å². The van der Waals surface area contributed by atoms with Crippen LogP contribution in [0.4, 0.5) is 9.59 Å². The molecule has 0 aliphatic carbocycles. The van der Waals surface area contributed by atoms with Crippen molar-refractivity contribution in [1.29, 1.82) is 0 Å². The highest BCUT2D eigenvalue weighted by molar-refractivity contribution is 7.85. The van der Waals surface area contributed by atoms with Gasteiger partial charge in [0.2, 0.25) is 0 Å². The Morgan fingerprint density at radius 3 is 2.32 bits per heavy atom. The van der Waals surface area contributed by atoms with Gasteiger partial charge in [-0.3, -0.25) is 9.08 Å². The molecule has 128 valence electrons. The molecule has 1 fully saturated rings. The molecular weight excluding hydrogens is 316 g/mol. The van der Waals surface area contributed by atoms with Gasteiger partial charge in [-0.05, 0) is 20.8 Å². The fourth-order valence-electron chi connectivity index (χ4n) is 1.94. The summed E-state index contributed by atoms with van der Waals surface area (Å²) in [6.07, 6.45) is -0.875. The van der Waals surface area contributed by atoms with Crippen molar-refractivity contribution in [3.63, 3.8) is 0 Å². The lowest BCUT2D eigenvalue weighted by atomic mass is 10.2. The molecule has 22 heavy (non-hydrogen) atoms. The number of ether oxygens (including phenoxy) is 1. The lowest BCUT2D eigenvalue weighted by molar-refractivity contribution is 0.000400. The van der Waals surface area contributed by atoms with E-state index in [0.29, 0.717) is 0 Å². The minimum absolute atomic E-state index is 0.0106. The van der Waals surface area contributed by atoms with Crippen LogP contribution in [0.15, 0.2) is 0 Å². The average molecular weight is 338 g/mol. The first-order valence-electron chi connectivity index (χ1n) is 6.71. The first kappa shape index (κ1) is 18.5. The Morgan fingerprint density at radius 1 is 1.27 bits per heavy atom. The van der Waals surface area contributed by atoms with Crippen LogP contribution < -0.4 is 0 Å². The van der Waals surface area contributed by atoms with E-state index in [1.807, 2.05) is 0 Å². The van der Waals surface area contributed by atoms with Crippen molar-refractivity contribution >= 4 is 22.3 Å². The van der Waals surface area contributed by atoms with E-state index in [1.165, 1.54) is 4.90 Å². The number of amides is 2. The first-order chi connectivity index (χ1) is 9.89. The quantitative estimate of drug-likeness (QED) is 0.748. The van der Waals surface area contributed by atoms with E-state index in [1.54, 1.807) is 20.8 Å². The number of carbonyl (C=O) groups excluding carboxylic acids is 1. The summed E-state index contributed by atoms with van der Waals surface area (Å²) in [5.74, 6) is 0. The fraction of sp³-hybridized carbons (Fsp3) is 0.833. The van der Waals surface area contributed by atoms with Gasteiger partial charge in [-0.2, -0.15) is 8.42 Å². The molecule has 0 bridgehead atoms. The van der Waals surface area contributed by atoms with Gasteiger partial charge in [-0.15, -0.1) is 0 Å². The van der Waals surface area contributed by atoms with E-state index in [9.17, 15) is 18.0 Å². The second kappa shape index (κ2) is 6.69. The highest BCUT2D eigenvalue weighted by Gasteiger charge is 2.35. The summed E-state index contributed by atoms with van der Waals surface area (Å²) in [6.45, 7) is 5.08. The first-order valence-corrected chi connectivity index (χ1v) is 8.52. The predicted octanol–water partition coefficient (Wildman–Crippen LogP) is 0.562. The maximum atomic E-state index is 12.0. The molecule has 0 aromatic heterocycles. The van der Waals surface area contributed by atoms with E-state index < -0.39 is 33.9 Å². The van der Waals surface area contributed by atoms with Crippen molar-refractivity contribution in [1.82, 2.24) is 9.80 Å². The molecule has 10 heteroatoms. The number of nitrogens with zero attached hydrogens (tertiary/aromatic N) is 2. The predicted molar refractivity (Wildman–Crippen MR) is 77.1 cm³/mol. The van der Waals surface area contributed by atoms with E-state index in [2.05, 4.69) is 4.18 Å². The third-order valence-electron chi connectivity index (χ3n) is 2.85. The van der Waals surface area contributed by atoms with Gasteiger partial charge in [0.25, 0.3) is 10.1 Å². The van der Waals surface area contributed by atoms with Gasteiger partial charge in [0.15, 0.2) is 0 Å². The molecule has 2 amide bonds. The number of piperazine rings is 1. The fourth-order valence-corrected chi connectivity index (χ4v) is 2.35. The van der Waals surface area contributed by atoms with Crippen LogP contribution in [-0.4, -0.2) is 79.7 Å². The Labute approximate surface area is 129 Å². The molecule has 1 unspecified atom stereocenters. The number of carbonyl (C=O) groups is 2. The Bertz CT molecular complexity index is 526. The molecule has 0 aromatic carbocycles. The van der Waals surface area contributed by atoms with E-state index in [4.69, 9.17) is 9.84 Å². The molecule has 1 atom stereocenters. The van der Waals surface area contributed by atoms with Crippen molar-refractivity contribution in [2.75, 3.05) is 32.5 Å². The van der Waals surface area contributed by atoms with Crippen LogP contribution in [0.2, 0.25) is 0 Å². The van der Waals surface area contributed by atoms with Gasteiger partial charge in [-0.25, -0.2) is 9.59 Å².